The minimum atomic E-state index is -0.897. The van der Waals surface area contributed by atoms with Crippen molar-refractivity contribution in [2.75, 3.05) is 12.3 Å². The standard InChI is InChI=1S/C38H43N7O5S2/c1-21(2)30-37-42-28(20-52-37)32(46)39-25(17-23-11-6-4-7-12-23)36-41-27(19-51-36)33(47)40-26(18-24-13-8-5-9-14-24)38(49)45-16-10-15-29(45)35-44-31(22(3)50-35)34(48)43-30/h4-9,11-14,19,21-22,25-26,28-31H,10,15-18,20H2,1-3H3,(H,39,46)(H,40,47)(H,43,48)/t22-,25+,26+,28-,29+,30+,31+/m1/s1. The highest BCUT2D eigenvalue weighted by Gasteiger charge is 2.44. The molecule has 4 aliphatic heterocycles. The molecule has 5 heterocycles. The fourth-order valence-electron chi connectivity index (χ4n) is 7.05. The van der Waals surface area contributed by atoms with E-state index in [1.54, 1.807) is 17.2 Å². The Morgan fingerprint density at radius 2 is 1.58 bits per heavy atom. The first-order valence-electron chi connectivity index (χ1n) is 17.8. The quantitative estimate of drug-likeness (QED) is 0.360. The first-order chi connectivity index (χ1) is 25.1. The number of ether oxygens (including phenoxy) is 1. The number of nitrogens with one attached hydrogen (secondary N) is 3. The van der Waals surface area contributed by atoms with Crippen LogP contribution in [0.2, 0.25) is 0 Å². The average Bonchev–Trinajstić information content (AvgIpc) is 3.97. The van der Waals surface area contributed by atoms with Crippen LogP contribution in [-0.4, -0.2) is 93.1 Å². The number of carbonyl (C=O) groups excluding carboxylic acids is 4. The SMILES string of the molecule is CC(C)[C@@H]1NC(=O)[C@H]2N=C(O[C@@H]2C)[C@@H]2CCCN2C(=O)[C@H](Cc2ccccc2)NC(=O)c2csc(n2)[C@H](Cc2ccccc2)NC(=O)[C@H]2CSC1=N2. The second kappa shape index (κ2) is 15.6. The van der Waals surface area contributed by atoms with Crippen molar-refractivity contribution in [1.29, 1.82) is 0 Å². The Bertz CT molecular complexity index is 1870. The van der Waals surface area contributed by atoms with Crippen molar-refractivity contribution in [1.82, 2.24) is 25.8 Å². The molecule has 0 radical (unpaired) electrons. The molecule has 3 N–H and O–H groups in total. The van der Waals surface area contributed by atoms with E-state index in [-0.39, 0.29) is 35.8 Å². The van der Waals surface area contributed by atoms with Crippen molar-refractivity contribution in [3.05, 3.63) is 87.9 Å². The van der Waals surface area contributed by atoms with E-state index in [1.807, 2.05) is 74.5 Å². The third kappa shape index (κ3) is 7.77. The number of aliphatic imine (C=N–C) groups is 2. The summed E-state index contributed by atoms with van der Waals surface area (Å²) in [5.41, 5.74) is 2.06. The molecule has 12 nitrogen and oxygen atoms in total. The van der Waals surface area contributed by atoms with Gasteiger partial charge in [0.15, 0.2) is 6.04 Å². The fourth-order valence-corrected chi connectivity index (χ4v) is 9.17. The Balaban J connectivity index is 1.26. The predicted molar refractivity (Wildman–Crippen MR) is 201 cm³/mol. The number of nitrogens with zero attached hydrogens (tertiary/aromatic N) is 4. The lowest BCUT2D eigenvalue weighted by atomic mass is 10.0. The van der Waals surface area contributed by atoms with Gasteiger partial charge in [0, 0.05) is 24.1 Å². The number of thioether (sulfide) groups is 1. The van der Waals surface area contributed by atoms with Gasteiger partial charge in [0.2, 0.25) is 23.6 Å². The lowest BCUT2D eigenvalue weighted by Crippen LogP contribution is -2.52. The summed E-state index contributed by atoms with van der Waals surface area (Å²) in [6.07, 6.45) is 1.53. The molecule has 7 atom stereocenters. The number of carbonyl (C=O) groups is 4. The summed E-state index contributed by atoms with van der Waals surface area (Å²) < 4.78 is 6.20. The molecule has 4 amide bonds. The van der Waals surface area contributed by atoms with Crippen molar-refractivity contribution >= 4 is 57.7 Å². The molecule has 0 saturated carbocycles. The van der Waals surface area contributed by atoms with Crippen LogP contribution in [0.5, 0.6) is 0 Å². The molecule has 272 valence electrons. The first kappa shape index (κ1) is 35.8. The number of amides is 4. The summed E-state index contributed by atoms with van der Waals surface area (Å²) in [6.45, 7) is 6.28. The molecule has 1 saturated heterocycles. The Morgan fingerprint density at radius 3 is 2.27 bits per heavy atom. The molecular weight excluding hydrogens is 699 g/mol. The number of fused-ring (bicyclic) bond motifs is 6. The third-order valence-electron chi connectivity index (χ3n) is 9.85. The largest absolute Gasteiger partial charge is 0.474 e. The van der Waals surface area contributed by atoms with Crippen LogP contribution in [-0.2, 0) is 32.0 Å². The minimum absolute atomic E-state index is 0.00574. The number of benzene rings is 2. The summed E-state index contributed by atoms with van der Waals surface area (Å²) in [6, 6.07) is 15.6. The van der Waals surface area contributed by atoms with Gasteiger partial charge in [0.1, 0.15) is 34.9 Å². The molecule has 52 heavy (non-hydrogen) atoms. The molecule has 0 spiro atoms. The topological polar surface area (TPSA) is 154 Å². The lowest BCUT2D eigenvalue weighted by molar-refractivity contribution is -0.133. The summed E-state index contributed by atoms with van der Waals surface area (Å²) >= 11 is 2.75. The molecule has 4 aliphatic rings. The summed E-state index contributed by atoms with van der Waals surface area (Å²) in [4.78, 5) is 71.9. The van der Waals surface area contributed by atoms with Crippen LogP contribution in [0, 0.1) is 5.92 Å². The second-order valence-electron chi connectivity index (χ2n) is 14.0. The van der Waals surface area contributed by atoms with Gasteiger partial charge in [0.05, 0.1) is 17.1 Å². The number of hydrogen-bond donors (Lipinski definition) is 3. The maximum absolute atomic E-state index is 14.4. The molecule has 14 heteroatoms. The van der Waals surface area contributed by atoms with Gasteiger partial charge in [0.25, 0.3) is 5.91 Å². The highest BCUT2D eigenvalue weighted by molar-refractivity contribution is 8.14. The Hall–Kier alpha value is -4.56. The van der Waals surface area contributed by atoms with Gasteiger partial charge in [-0.2, -0.15) is 0 Å². The molecule has 1 aromatic heterocycles. The van der Waals surface area contributed by atoms with Gasteiger partial charge >= 0.3 is 0 Å². The minimum Gasteiger partial charge on any atom is -0.474 e. The van der Waals surface area contributed by atoms with Crippen LogP contribution in [0.4, 0.5) is 0 Å². The third-order valence-corrected chi connectivity index (χ3v) is 11.9. The van der Waals surface area contributed by atoms with E-state index in [0.717, 1.165) is 17.5 Å². The van der Waals surface area contributed by atoms with Crippen molar-refractivity contribution in [3.8, 4) is 0 Å². The van der Waals surface area contributed by atoms with E-state index >= 15 is 0 Å². The second-order valence-corrected chi connectivity index (χ2v) is 15.9. The zero-order valence-corrected chi connectivity index (χ0v) is 31.0. The fraction of sp³-hybridized carbons (Fsp3) is 0.447. The Morgan fingerprint density at radius 1 is 0.885 bits per heavy atom. The molecule has 0 aliphatic carbocycles. The highest BCUT2D eigenvalue weighted by Crippen LogP contribution is 2.29. The molecule has 6 bridgehead atoms. The average molecular weight is 742 g/mol. The maximum atomic E-state index is 14.4. The van der Waals surface area contributed by atoms with E-state index in [9.17, 15) is 19.2 Å². The van der Waals surface area contributed by atoms with Gasteiger partial charge in [-0.15, -0.1) is 23.1 Å². The van der Waals surface area contributed by atoms with Gasteiger partial charge in [-0.05, 0) is 43.2 Å². The van der Waals surface area contributed by atoms with Crippen LogP contribution < -0.4 is 16.0 Å². The smallest absolute Gasteiger partial charge is 0.271 e. The number of aromatic nitrogens is 1. The van der Waals surface area contributed by atoms with Crippen molar-refractivity contribution in [2.45, 2.75) is 88.8 Å². The summed E-state index contributed by atoms with van der Waals surface area (Å²) in [7, 11) is 0. The Kier molecular flexibility index (Phi) is 10.7. The van der Waals surface area contributed by atoms with Crippen LogP contribution >= 0.6 is 23.1 Å². The van der Waals surface area contributed by atoms with Gasteiger partial charge < -0.3 is 25.6 Å². The molecule has 2 aromatic carbocycles. The summed E-state index contributed by atoms with van der Waals surface area (Å²) in [5.74, 6) is -0.510. The van der Waals surface area contributed by atoms with Crippen LogP contribution in [0.3, 0.4) is 0 Å². The zero-order chi connectivity index (χ0) is 36.4. The number of hydrogen-bond acceptors (Lipinski definition) is 10. The highest BCUT2D eigenvalue weighted by atomic mass is 32.2. The number of thiazole rings is 1. The zero-order valence-electron chi connectivity index (χ0n) is 29.4. The van der Waals surface area contributed by atoms with E-state index in [0.29, 0.717) is 41.1 Å². The molecule has 1 fully saturated rings. The molecule has 3 aromatic rings. The van der Waals surface area contributed by atoms with Crippen LogP contribution in [0.25, 0.3) is 0 Å². The van der Waals surface area contributed by atoms with E-state index in [4.69, 9.17) is 19.7 Å². The van der Waals surface area contributed by atoms with Crippen LogP contribution in [0.1, 0.15) is 66.3 Å². The van der Waals surface area contributed by atoms with Gasteiger partial charge in [-0.1, -0.05) is 74.5 Å². The first-order valence-corrected chi connectivity index (χ1v) is 19.7. The predicted octanol–water partition coefficient (Wildman–Crippen LogP) is 3.73. The monoisotopic (exact) mass is 741 g/mol. The normalized spacial score (nSPS) is 28.2. The van der Waals surface area contributed by atoms with Crippen LogP contribution in [0.15, 0.2) is 76.0 Å². The molecule has 0 unspecified atom stereocenters. The van der Waals surface area contributed by atoms with Gasteiger partial charge in [-0.25, -0.2) is 9.98 Å². The van der Waals surface area contributed by atoms with Gasteiger partial charge in [-0.3, -0.25) is 24.2 Å². The number of rotatable bonds is 5. The van der Waals surface area contributed by atoms with E-state index in [1.165, 1.54) is 23.1 Å². The van der Waals surface area contributed by atoms with E-state index in [2.05, 4.69) is 16.0 Å². The van der Waals surface area contributed by atoms with E-state index < -0.39 is 48.3 Å². The lowest BCUT2D eigenvalue weighted by Gasteiger charge is -2.29. The Labute approximate surface area is 311 Å². The van der Waals surface area contributed by atoms with Crippen molar-refractivity contribution < 1.29 is 23.9 Å². The summed E-state index contributed by atoms with van der Waals surface area (Å²) in [5, 5.41) is 12.2. The molecular formula is C38H43N7O5S2. The van der Waals surface area contributed by atoms with Crippen molar-refractivity contribution in [3.63, 3.8) is 0 Å². The maximum Gasteiger partial charge on any atom is 0.271 e. The molecule has 7 rings (SSSR count). The van der Waals surface area contributed by atoms with Crippen molar-refractivity contribution in [2.24, 2.45) is 15.9 Å².